The molecule has 1 rings (SSSR count). The van der Waals surface area contributed by atoms with Gasteiger partial charge in [0.25, 0.3) is 0 Å². The molecule has 1 aromatic rings. The second kappa shape index (κ2) is 5.15. The molecule has 0 fully saturated rings. The van der Waals surface area contributed by atoms with Gasteiger partial charge in [-0.2, -0.15) is 0 Å². The normalized spacial score (nSPS) is 12.8. The van der Waals surface area contributed by atoms with Crippen molar-refractivity contribution in [1.29, 1.82) is 0 Å². The second-order valence-corrected chi connectivity index (χ2v) is 9.43. The van der Waals surface area contributed by atoms with Gasteiger partial charge in [0.2, 0.25) is 0 Å². The third-order valence-electron chi connectivity index (χ3n) is 1.94. The first-order chi connectivity index (χ1) is 6.99. The Morgan fingerprint density at radius 2 is 1.80 bits per heavy atom. The van der Waals surface area contributed by atoms with Crippen molar-refractivity contribution in [3.63, 3.8) is 0 Å². The molecule has 1 nitrogen and oxygen atoms in total. The molecule has 0 amide bonds. The summed E-state index contributed by atoms with van der Waals surface area (Å²) in [6.07, 6.45) is 0.0870. The van der Waals surface area contributed by atoms with Crippen LogP contribution in [0, 0.1) is 11.5 Å². The highest BCUT2D eigenvalue weighted by Crippen LogP contribution is 2.14. The summed E-state index contributed by atoms with van der Waals surface area (Å²) in [6, 6.07) is 9.68. The first kappa shape index (κ1) is 12.0. The van der Waals surface area contributed by atoms with Gasteiger partial charge in [-0.15, -0.1) is 11.5 Å². The molecule has 0 aliphatic carbocycles. The van der Waals surface area contributed by atoms with Gasteiger partial charge in [-0.1, -0.05) is 50.0 Å². The Bertz CT molecular complexity index is 354. The van der Waals surface area contributed by atoms with Crippen LogP contribution in [0.15, 0.2) is 30.3 Å². The first-order valence-electron chi connectivity index (χ1n) is 5.22. The molecular formula is C13H18OSi. The van der Waals surface area contributed by atoms with E-state index in [0.29, 0.717) is 6.42 Å². The summed E-state index contributed by atoms with van der Waals surface area (Å²) in [5.74, 6) is 3.09. The van der Waals surface area contributed by atoms with Crippen molar-refractivity contribution in [2.45, 2.75) is 32.2 Å². The van der Waals surface area contributed by atoms with Crippen LogP contribution >= 0.6 is 0 Å². The van der Waals surface area contributed by atoms with Crippen LogP contribution in [0.4, 0.5) is 0 Å². The number of hydrogen-bond donors (Lipinski definition) is 1. The van der Waals surface area contributed by atoms with E-state index in [0.717, 1.165) is 5.56 Å². The van der Waals surface area contributed by atoms with Gasteiger partial charge in [0.1, 0.15) is 8.07 Å². The average molecular weight is 218 g/mol. The Morgan fingerprint density at radius 3 is 2.33 bits per heavy atom. The SMILES string of the molecule is C[Si](C)(C)C#CCC(O)c1ccccc1. The van der Waals surface area contributed by atoms with Crippen molar-refractivity contribution in [3.8, 4) is 11.5 Å². The van der Waals surface area contributed by atoms with Crippen LogP contribution in [0.3, 0.4) is 0 Å². The minimum Gasteiger partial charge on any atom is -0.387 e. The maximum absolute atomic E-state index is 9.83. The molecular weight excluding hydrogens is 200 g/mol. The van der Waals surface area contributed by atoms with Gasteiger partial charge in [-0.25, -0.2) is 0 Å². The molecule has 0 heterocycles. The monoisotopic (exact) mass is 218 g/mol. The molecule has 1 aromatic carbocycles. The molecule has 0 radical (unpaired) electrons. The number of hydrogen-bond acceptors (Lipinski definition) is 1. The summed E-state index contributed by atoms with van der Waals surface area (Å²) >= 11 is 0. The Morgan fingerprint density at radius 1 is 1.20 bits per heavy atom. The van der Waals surface area contributed by atoms with Crippen molar-refractivity contribution in [1.82, 2.24) is 0 Å². The quantitative estimate of drug-likeness (QED) is 0.597. The smallest absolute Gasteiger partial charge is 0.129 e. The molecule has 2 heteroatoms. The minimum atomic E-state index is -1.30. The summed E-state index contributed by atoms with van der Waals surface area (Å²) in [4.78, 5) is 0. The van der Waals surface area contributed by atoms with Crippen molar-refractivity contribution >= 4 is 8.07 Å². The summed E-state index contributed by atoms with van der Waals surface area (Å²) in [5.41, 5.74) is 4.20. The molecule has 0 bridgehead atoms. The fourth-order valence-electron chi connectivity index (χ4n) is 1.21. The average Bonchev–Trinajstić information content (AvgIpc) is 2.17. The van der Waals surface area contributed by atoms with Crippen molar-refractivity contribution in [3.05, 3.63) is 35.9 Å². The fraction of sp³-hybridized carbons (Fsp3) is 0.385. The van der Waals surface area contributed by atoms with Gasteiger partial charge in [0.15, 0.2) is 0 Å². The Balaban J connectivity index is 2.57. The third-order valence-corrected chi connectivity index (χ3v) is 2.87. The topological polar surface area (TPSA) is 20.2 Å². The van der Waals surface area contributed by atoms with Crippen LogP contribution < -0.4 is 0 Å². The highest BCUT2D eigenvalue weighted by atomic mass is 28.3. The third kappa shape index (κ3) is 4.82. The number of aliphatic hydroxyl groups excluding tert-OH is 1. The first-order valence-corrected chi connectivity index (χ1v) is 8.72. The number of rotatable bonds is 2. The summed E-state index contributed by atoms with van der Waals surface area (Å²) in [5, 5.41) is 9.83. The van der Waals surface area contributed by atoms with E-state index in [1.807, 2.05) is 30.3 Å². The van der Waals surface area contributed by atoms with E-state index in [4.69, 9.17) is 0 Å². The van der Waals surface area contributed by atoms with Crippen LogP contribution in [0.25, 0.3) is 0 Å². The molecule has 0 aromatic heterocycles. The zero-order valence-corrected chi connectivity index (χ0v) is 10.6. The predicted octanol–water partition coefficient (Wildman–Crippen LogP) is 2.99. The molecule has 0 aliphatic heterocycles. The van der Waals surface area contributed by atoms with Crippen molar-refractivity contribution in [2.24, 2.45) is 0 Å². The largest absolute Gasteiger partial charge is 0.387 e. The van der Waals surface area contributed by atoms with E-state index in [2.05, 4.69) is 31.1 Å². The van der Waals surface area contributed by atoms with E-state index in [1.54, 1.807) is 0 Å². The number of benzene rings is 1. The Hall–Kier alpha value is -1.04. The van der Waals surface area contributed by atoms with Gasteiger partial charge in [-0.3, -0.25) is 0 Å². The highest BCUT2D eigenvalue weighted by Gasteiger charge is 2.08. The van der Waals surface area contributed by atoms with Crippen LogP contribution in [-0.4, -0.2) is 13.2 Å². The van der Waals surface area contributed by atoms with E-state index in [9.17, 15) is 5.11 Å². The molecule has 80 valence electrons. The van der Waals surface area contributed by atoms with Crippen LogP contribution in [0.5, 0.6) is 0 Å². The molecule has 0 spiro atoms. The van der Waals surface area contributed by atoms with E-state index in [1.165, 1.54) is 0 Å². The van der Waals surface area contributed by atoms with Crippen LogP contribution in [0.2, 0.25) is 19.6 Å². The summed E-state index contributed by atoms with van der Waals surface area (Å²) < 4.78 is 0. The highest BCUT2D eigenvalue weighted by molar-refractivity contribution is 6.83. The predicted molar refractivity (Wildman–Crippen MR) is 67.1 cm³/mol. The van der Waals surface area contributed by atoms with Crippen molar-refractivity contribution < 1.29 is 5.11 Å². The standard InChI is InChI=1S/C13H18OSi/c1-15(2,3)11-7-10-13(14)12-8-5-4-6-9-12/h4-6,8-9,13-14H,10H2,1-3H3. The van der Waals surface area contributed by atoms with Gasteiger partial charge in [0.05, 0.1) is 6.10 Å². The molecule has 1 atom stereocenters. The lowest BCUT2D eigenvalue weighted by Crippen LogP contribution is -2.16. The van der Waals surface area contributed by atoms with Gasteiger partial charge < -0.3 is 5.11 Å². The molecule has 0 saturated heterocycles. The minimum absolute atomic E-state index is 0.449. The lowest BCUT2D eigenvalue weighted by Gasteiger charge is -2.07. The second-order valence-electron chi connectivity index (χ2n) is 4.68. The van der Waals surface area contributed by atoms with E-state index >= 15 is 0 Å². The van der Waals surface area contributed by atoms with Gasteiger partial charge >= 0.3 is 0 Å². The lowest BCUT2D eigenvalue weighted by atomic mass is 10.1. The lowest BCUT2D eigenvalue weighted by molar-refractivity contribution is 0.184. The Kier molecular flexibility index (Phi) is 4.13. The van der Waals surface area contributed by atoms with E-state index in [-0.39, 0.29) is 0 Å². The Labute approximate surface area is 93.2 Å². The molecule has 0 aliphatic rings. The molecule has 1 N–H and O–H groups in total. The van der Waals surface area contributed by atoms with Crippen LogP contribution in [-0.2, 0) is 0 Å². The van der Waals surface area contributed by atoms with Gasteiger partial charge in [-0.05, 0) is 5.56 Å². The fourth-order valence-corrected chi connectivity index (χ4v) is 1.84. The summed E-state index contributed by atoms with van der Waals surface area (Å²) in [6.45, 7) is 6.61. The maximum atomic E-state index is 9.83. The zero-order chi connectivity index (χ0) is 11.3. The molecule has 15 heavy (non-hydrogen) atoms. The summed E-state index contributed by atoms with van der Waals surface area (Å²) in [7, 11) is -1.30. The number of aliphatic hydroxyl groups is 1. The van der Waals surface area contributed by atoms with Gasteiger partial charge in [0, 0.05) is 6.42 Å². The molecule has 0 saturated carbocycles. The zero-order valence-electron chi connectivity index (χ0n) is 9.62. The van der Waals surface area contributed by atoms with E-state index < -0.39 is 14.2 Å². The maximum Gasteiger partial charge on any atom is 0.129 e. The molecule has 1 unspecified atom stereocenters. The van der Waals surface area contributed by atoms with Crippen LogP contribution in [0.1, 0.15) is 18.1 Å². The van der Waals surface area contributed by atoms with Crippen molar-refractivity contribution in [2.75, 3.05) is 0 Å².